The molecule has 0 saturated carbocycles. The summed E-state index contributed by atoms with van der Waals surface area (Å²) in [5, 5.41) is 19.0. The van der Waals surface area contributed by atoms with E-state index in [4.69, 9.17) is 50.5 Å². The van der Waals surface area contributed by atoms with Gasteiger partial charge in [-0.05, 0) is 222 Å². The Balaban J connectivity index is -0.00000126. The molecule has 0 unspecified atom stereocenters. The van der Waals surface area contributed by atoms with Gasteiger partial charge in [-0.25, -0.2) is 14.4 Å². The highest BCUT2D eigenvalue weighted by atomic mass is 79.9. The fraction of sp³-hybridized carbons (Fsp3) is 0.571. The molecule has 0 aliphatic heterocycles. The van der Waals surface area contributed by atoms with Gasteiger partial charge >= 0.3 is 18.3 Å². The minimum Gasteiger partial charge on any atom is -0.508 e. The number of nitrogens with zero attached hydrogens (tertiary/aromatic N) is 4. The molecule has 0 radical (unpaired) electrons. The summed E-state index contributed by atoms with van der Waals surface area (Å²) in [6.45, 7) is 30.6. The van der Waals surface area contributed by atoms with Gasteiger partial charge in [-0.15, -0.1) is 24.0 Å². The van der Waals surface area contributed by atoms with Crippen LogP contribution in [0.4, 0.5) is 14.4 Å². The van der Waals surface area contributed by atoms with Crippen LogP contribution in [-0.2, 0) is 60.7 Å². The van der Waals surface area contributed by atoms with Gasteiger partial charge in [0.05, 0.1) is 33.5 Å². The third kappa shape index (κ3) is 61.7. The summed E-state index contributed by atoms with van der Waals surface area (Å²) in [5.41, 5.74) is 9.48. The zero-order chi connectivity index (χ0) is 81.9. The molecule has 0 aliphatic rings. The topological polar surface area (TPSA) is 262 Å². The van der Waals surface area contributed by atoms with Crippen molar-refractivity contribution in [1.29, 1.82) is 0 Å². The van der Waals surface area contributed by atoms with Gasteiger partial charge in [-0.1, -0.05) is 130 Å². The van der Waals surface area contributed by atoms with E-state index in [1.165, 1.54) is 38.7 Å². The van der Waals surface area contributed by atoms with E-state index in [0.29, 0.717) is 52.2 Å². The van der Waals surface area contributed by atoms with E-state index in [2.05, 4.69) is 77.8 Å². The minimum absolute atomic E-state index is 0. The number of halogens is 3. The van der Waals surface area contributed by atoms with Gasteiger partial charge in [-0.2, -0.15) is 0 Å². The lowest BCUT2D eigenvalue weighted by atomic mass is 10.1. The van der Waals surface area contributed by atoms with Gasteiger partial charge in [0.15, 0.2) is 0 Å². The van der Waals surface area contributed by atoms with Crippen LogP contribution in [0.25, 0.3) is 0 Å². The van der Waals surface area contributed by atoms with E-state index in [-0.39, 0.29) is 54.4 Å². The lowest BCUT2D eigenvalue weighted by molar-refractivity contribution is -0.130. The van der Waals surface area contributed by atoms with E-state index in [0.717, 1.165) is 123 Å². The Morgan fingerprint density at radius 3 is 1.17 bits per heavy atom. The fourth-order valence-electron chi connectivity index (χ4n) is 8.30. The van der Waals surface area contributed by atoms with Crippen LogP contribution in [0.2, 0.25) is 0 Å². The number of ether oxygens (including phenoxy) is 7. The molecule has 5 aromatic rings. The average Bonchev–Trinajstić information content (AvgIpc) is 0.870. The van der Waals surface area contributed by atoms with Crippen molar-refractivity contribution < 1.29 is 67.0 Å². The number of hydrogen-bond acceptors (Lipinski definition) is 16. The number of hydrogen-bond donors (Lipinski definition) is 5. The summed E-state index contributed by atoms with van der Waals surface area (Å²) < 4.78 is 37.9. The first kappa shape index (κ1) is 105. The molecule has 0 fully saturated rings. The number of methoxy groups -OCH3 is 1. The molecule has 5 aromatic carbocycles. The maximum Gasteiger partial charge on any atom is 0.410 e. The summed E-state index contributed by atoms with van der Waals surface area (Å²) in [5.74, 6) is 3.76. The normalized spacial score (nSPS) is 10.4. The number of benzene rings is 5. The highest BCUT2D eigenvalue weighted by Gasteiger charge is 2.25. The number of nitrogens with one attached hydrogen (secondary N) is 3. The maximum absolute atomic E-state index is 12.5. The fourth-order valence-corrected chi connectivity index (χ4v) is 9.10. The number of carbonyl (C=O) groups is 6. The molecule has 22 nitrogen and oxygen atoms in total. The Bertz CT molecular complexity index is 3220. The number of alkyl carbamates (subject to hydrolysis) is 2. The van der Waals surface area contributed by atoms with E-state index in [1.807, 2.05) is 147 Å². The first-order chi connectivity index (χ1) is 51.0. The highest BCUT2D eigenvalue weighted by Crippen LogP contribution is 2.20. The van der Waals surface area contributed by atoms with E-state index >= 15 is 0 Å². The van der Waals surface area contributed by atoms with Gasteiger partial charge in [0.25, 0.3) is 0 Å². The van der Waals surface area contributed by atoms with Crippen molar-refractivity contribution in [3.05, 3.63) is 149 Å². The Hall–Kier alpha value is -7.70. The van der Waals surface area contributed by atoms with Crippen molar-refractivity contribution in [2.75, 3.05) is 126 Å². The molecule has 0 aliphatic carbocycles. The second-order valence-corrected chi connectivity index (χ2v) is 29.6. The van der Waals surface area contributed by atoms with Crippen molar-refractivity contribution in [2.24, 2.45) is 5.73 Å². The van der Waals surface area contributed by atoms with Crippen LogP contribution in [0.5, 0.6) is 28.7 Å². The maximum atomic E-state index is 12.5. The molecule has 0 heterocycles. The number of phenolic OH excluding ortho intramolecular Hbond substituents is 1. The second kappa shape index (κ2) is 63.0. The molecule has 5 rings (SSSR count). The number of alkyl halides is 2. The van der Waals surface area contributed by atoms with Gasteiger partial charge in [0.1, 0.15) is 58.0 Å². The molecule has 0 bridgehead atoms. The second-order valence-electron chi connectivity index (χ2n) is 28.6. The molecular weight excluding hydrogens is 1500 g/mol. The van der Waals surface area contributed by atoms with Gasteiger partial charge in [0, 0.05) is 67.3 Å². The summed E-state index contributed by atoms with van der Waals surface area (Å²) in [6, 6.07) is 38.9. The number of rotatable bonds is 34. The number of carbonyl (C=O) groups excluding carboxylic acids is 6. The summed E-state index contributed by atoms with van der Waals surface area (Å²) in [4.78, 5) is 75.1. The van der Waals surface area contributed by atoms with Crippen LogP contribution in [0, 0.1) is 0 Å². The zero-order valence-electron chi connectivity index (χ0n) is 69.5. The van der Waals surface area contributed by atoms with Crippen molar-refractivity contribution in [3.8, 4) is 28.7 Å². The van der Waals surface area contributed by atoms with E-state index < -0.39 is 29.0 Å². The first-order valence-electron chi connectivity index (χ1n) is 37.6. The molecule has 618 valence electrons. The average molecular weight is 1630 g/mol. The Morgan fingerprint density at radius 2 is 0.835 bits per heavy atom. The van der Waals surface area contributed by atoms with Crippen LogP contribution >= 0.6 is 39.9 Å². The van der Waals surface area contributed by atoms with Crippen molar-refractivity contribution >= 4 is 75.9 Å². The number of phenols is 1. The summed E-state index contributed by atoms with van der Waals surface area (Å²) >= 11 is 8.47. The predicted octanol–water partition coefficient (Wildman–Crippen LogP) is 16.3. The van der Waals surface area contributed by atoms with Crippen molar-refractivity contribution in [3.63, 3.8) is 0 Å². The quantitative estimate of drug-likeness (QED) is 0.0146. The molecule has 0 spiro atoms. The molecule has 6 amide bonds. The smallest absolute Gasteiger partial charge is 0.410 e. The molecule has 0 aromatic heterocycles. The lowest BCUT2D eigenvalue weighted by Gasteiger charge is -2.28. The number of aromatic hydroxyl groups is 1. The molecule has 25 heteroatoms. The van der Waals surface area contributed by atoms with Crippen LogP contribution in [0.1, 0.15) is 169 Å². The lowest BCUT2D eigenvalue weighted by Crippen LogP contribution is -2.43. The van der Waals surface area contributed by atoms with Crippen LogP contribution < -0.4 is 40.6 Å². The molecule has 6 N–H and O–H groups in total. The monoisotopic (exact) mass is 1630 g/mol. The summed E-state index contributed by atoms with van der Waals surface area (Å²) in [6.07, 6.45) is 11.7. The molecule has 0 atom stereocenters. The third-order valence-electron chi connectivity index (χ3n) is 14.2. The van der Waals surface area contributed by atoms with Gasteiger partial charge in [0.2, 0.25) is 17.7 Å². The van der Waals surface area contributed by atoms with Crippen LogP contribution in [0.3, 0.4) is 0 Å². The Morgan fingerprint density at radius 1 is 0.477 bits per heavy atom. The predicted molar refractivity (Wildman–Crippen MR) is 451 cm³/mol. The van der Waals surface area contributed by atoms with E-state index in [1.54, 1.807) is 72.5 Å². The standard InChI is InChI=1S/C21H34N2O4.C17H27NO3.C16H26N2O2.C13H19NO3.C9H13NO.C4H9Br.C4H8ClNO.ClH/c1-7-8-14-26-18-11-9-10-17(15-18)12-13-23(16-19(24)22(5)6)20(25)27-21(2,3)4;1-5-6-12-20-15-9-7-8-14(13-15)10-11-18-16(19)21-17(2,3)4;1-4-5-11-20-15-8-6-7-14(12-15)9-10-17-13-16(19)18(2)3;1-13(2,3)17-12(16)14-8-7-10-5-4-6-11(15)9-10;1-11-9-4-2-3-8(7-9)5-6-10;1-2-3-4-5;1-6(2)4(7)3-5;/h9-11,15H,7-8,12-14,16H2,1-6H3;7-9,13H,5-6,10-12H2,1-4H3,(H,18,19);6-8,12,17H,4-5,9-11,13H2,1-3H3;4-6,9,15H,7-8H2,1-3H3,(H,14,16);2-4,7H,5-6,10H2,1H3;2-4H2,1H3;3H2,1-2H3;1H. The van der Waals surface area contributed by atoms with Crippen LogP contribution in [0.15, 0.2) is 121 Å². The van der Waals surface area contributed by atoms with Gasteiger partial charge in [-0.3, -0.25) is 19.3 Å². The SMILES string of the molecule is CC(C)(C)OC(=O)NCCc1cccc(O)c1.CCCCBr.CCCCOc1cccc(CCN(CC(=O)N(C)C)C(=O)OC(C)(C)C)c1.CCCCOc1cccc(CCNC(=O)OC(C)(C)C)c1.CCCCOc1cccc(CCNCC(=O)N(C)C)c1.CN(C)C(=O)CCl.COc1cccc(CCN)c1.Cl. The van der Waals surface area contributed by atoms with Gasteiger partial charge < -0.3 is 74.6 Å². The van der Waals surface area contributed by atoms with Crippen molar-refractivity contribution in [2.45, 2.75) is 190 Å². The van der Waals surface area contributed by atoms with Crippen molar-refractivity contribution in [1.82, 2.24) is 35.6 Å². The summed E-state index contributed by atoms with van der Waals surface area (Å²) in [7, 11) is 11.9. The number of amides is 6. The molecular formula is C84H137BrCl2N8O14. The number of unbranched alkanes of at least 4 members (excludes halogenated alkanes) is 4. The Labute approximate surface area is 674 Å². The number of likely N-dealkylation sites (N-methyl/N-ethyl adjacent to an activating group) is 2. The minimum atomic E-state index is -0.608. The largest absolute Gasteiger partial charge is 0.508 e. The molecule has 109 heavy (non-hydrogen) atoms. The molecule has 0 saturated heterocycles. The van der Waals surface area contributed by atoms with Crippen LogP contribution in [-0.4, -0.2) is 204 Å². The first-order valence-corrected chi connectivity index (χ1v) is 39.3. The third-order valence-corrected chi connectivity index (χ3v) is 15.0. The highest BCUT2D eigenvalue weighted by molar-refractivity contribution is 9.09. The number of nitrogens with two attached hydrogens (primary N) is 1. The zero-order valence-corrected chi connectivity index (χ0v) is 72.7. The Kier molecular flexibility index (Phi) is 61.0. The van der Waals surface area contributed by atoms with E-state index in [9.17, 15) is 33.9 Å².